The summed E-state index contributed by atoms with van der Waals surface area (Å²) in [4.78, 5) is 15.1. The van der Waals surface area contributed by atoms with Crippen molar-refractivity contribution in [3.8, 4) is 0 Å². The summed E-state index contributed by atoms with van der Waals surface area (Å²) in [5.41, 5.74) is 1.60. The number of nitrogens with zero attached hydrogens (tertiary/aromatic N) is 1. The Labute approximate surface area is 172 Å². The molecule has 1 spiro atoms. The molecule has 4 bridgehead atoms. The van der Waals surface area contributed by atoms with Gasteiger partial charge in [0.1, 0.15) is 5.82 Å². The van der Waals surface area contributed by atoms with Gasteiger partial charge in [-0.25, -0.2) is 9.18 Å². The standard InChI is InChI=1S/C24H32FN3O/c1-14-19-3-2-4-20(25)21(19)24(27-14)5-7-28(8-6-24)23(29)26-22-17-10-15-9-16(12-17)13-18(22)11-15/h2-4,14-18,22,27H,5-13H2,1H3,(H,26,29). The molecule has 2 heterocycles. The molecule has 0 radical (unpaired) electrons. The average molecular weight is 398 g/mol. The summed E-state index contributed by atoms with van der Waals surface area (Å²) >= 11 is 0. The number of benzene rings is 1. The quantitative estimate of drug-likeness (QED) is 0.741. The first kappa shape index (κ1) is 18.2. The predicted octanol–water partition coefficient (Wildman–Crippen LogP) is 4.32. The zero-order valence-corrected chi connectivity index (χ0v) is 17.3. The van der Waals surface area contributed by atoms with Gasteiger partial charge in [0.15, 0.2) is 0 Å². The molecule has 4 saturated carbocycles. The van der Waals surface area contributed by atoms with Gasteiger partial charge in [-0.15, -0.1) is 0 Å². The van der Waals surface area contributed by atoms with Crippen LogP contribution in [0.5, 0.6) is 0 Å². The first-order valence-electron chi connectivity index (χ1n) is 11.6. The maximum absolute atomic E-state index is 14.7. The van der Waals surface area contributed by atoms with E-state index in [9.17, 15) is 9.18 Å². The molecule has 7 rings (SSSR count). The number of urea groups is 1. The second-order valence-electron chi connectivity index (χ2n) is 10.5. The third-order valence-corrected chi connectivity index (χ3v) is 8.90. The van der Waals surface area contributed by atoms with Gasteiger partial charge in [0, 0.05) is 30.7 Å². The number of nitrogens with one attached hydrogen (secondary N) is 2. The Morgan fingerprint density at radius 1 is 1.10 bits per heavy atom. The Morgan fingerprint density at radius 3 is 2.41 bits per heavy atom. The second-order valence-corrected chi connectivity index (χ2v) is 10.5. The van der Waals surface area contributed by atoms with Crippen molar-refractivity contribution < 1.29 is 9.18 Å². The molecule has 2 amide bonds. The molecule has 6 aliphatic rings. The molecule has 1 saturated heterocycles. The van der Waals surface area contributed by atoms with Gasteiger partial charge in [0.05, 0.1) is 5.54 Å². The molecule has 4 aliphatic carbocycles. The van der Waals surface area contributed by atoms with Crippen molar-refractivity contribution in [3.63, 3.8) is 0 Å². The van der Waals surface area contributed by atoms with Gasteiger partial charge in [-0.05, 0) is 87.2 Å². The van der Waals surface area contributed by atoms with E-state index in [0.29, 0.717) is 31.0 Å². The zero-order valence-electron chi connectivity index (χ0n) is 17.3. The van der Waals surface area contributed by atoms with Crippen molar-refractivity contribution in [2.24, 2.45) is 23.7 Å². The van der Waals surface area contributed by atoms with Crippen LogP contribution in [0.25, 0.3) is 0 Å². The summed E-state index contributed by atoms with van der Waals surface area (Å²) in [6.45, 7) is 3.48. The minimum absolute atomic E-state index is 0.106. The number of likely N-dealkylation sites (tertiary alicyclic amines) is 1. The van der Waals surface area contributed by atoms with Crippen LogP contribution in [0, 0.1) is 29.5 Å². The van der Waals surface area contributed by atoms with Crippen LogP contribution in [0.4, 0.5) is 9.18 Å². The lowest BCUT2D eigenvalue weighted by atomic mass is 9.54. The fourth-order valence-corrected chi connectivity index (χ4v) is 7.85. The van der Waals surface area contributed by atoms with Crippen LogP contribution in [-0.2, 0) is 5.54 Å². The van der Waals surface area contributed by atoms with E-state index < -0.39 is 0 Å². The smallest absolute Gasteiger partial charge is 0.317 e. The molecule has 1 aromatic carbocycles. The Kier molecular flexibility index (Phi) is 4.03. The van der Waals surface area contributed by atoms with E-state index in [0.717, 1.165) is 35.8 Å². The van der Waals surface area contributed by atoms with Crippen LogP contribution in [0.1, 0.15) is 69.0 Å². The number of carbonyl (C=O) groups is 1. The molecule has 5 heteroatoms. The summed E-state index contributed by atoms with van der Waals surface area (Å²) in [6, 6.07) is 6.07. The van der Waals surface area contributed by atoms with Crippen LogP contribution in [-0.4, -0.2) is 30.1 Å². The van der Waals surface area contributed by atoms with E-state index in [4.69, 9.17) is 0 Å². The second kappa shape index (κ2) is 6.44. The van der Waals surface area contributed by atoms with E-state index >= 15 is 0 Å². The highest BCUT2D eigenvalue weighted by molar-refractivity contribution is 5.75. The van der Waals surface area contributed by atoms with Crippen LogP contribution in [0.2, 0.25) is 0 Å². The van der Waals surface area contributed by atoms with Crippen LogP contribution in [0.15, 0.2) is 18.2 Å². The highest BCUT2D eigenvalue weighted by Gasteiger charge is 2.50. The predicted molar refractivity (Wildman–Crippen MR) is 110 cm³/mol. The van der Waals surface area contributed by atoms with Crippen molar-refractivity contribution in [1.82, 2.24) is 15.5 Å². The van der Waals surface area contributed by atoms with E-state index in [1.165, 1.54) is 32.1 Å². The van der Waals surface area contributed by atoms with E-state index in [1.807, 2.05) is 11.0 Å². The van der Waals surface area contributed by atoms with Crippen molar-refractivity contribution in [2.75, 3.05) is 13.1 Å². The molecule has 2 N–H and O–H groups in total. The molecule has 156 valence electrons. The molecule has 29 heavy (non-hydrogen) atoms. The SMILES string of the molecule is CC1NC2(CCN(C(=O)NC3C4CC5CC(C4)CC3C5)CC2)c2c(F)cccc21. The summed E-state index contributed by atoms with van der Waals surface area (Å²) in [6.07, 6.45) is 8.27. The third-order valence-electron chi connectivity index (χ3n) is 8.90. The lowest BCUT2D eigenvalue weighted by molar-refractivity contribution is -0.0116. The number of halogens is 1. The van der Waals surface area contributed by atoms with Gasteiger partial charge in [0.2, 0.25) is 0 Å². The van der Waals surface area contributed by atoms with Gasteiger partial charge in [-0.1, -0.05) is 12.1 Å². The first-order valence-corrected chi connectivity index (χ1v) is 11.6. The summed E-state index contributed by atoms with van der Waals surface area (Å²) in [7, 11) is 0. The van der Waals surface area contributed by atoms with Crippen molar-refractivity contribution >= 4 is 6.03 Å². The van der Waals surface area contributed by atoms with Crippen molar-refractivity contribution in [1.29, 1.82) is 0 Å². The zero-order chi connectivity index (χ0) is 19.8. The molecule has 0 aromatic heterocycles. The number of rotatable bonds is 1. The van der Waals surface area contributed by atoms with Crippen molar-refractivity contribution in [2.45, 2.75) is 69.5 Å². The Hall–Kier alpha value is -1.62. The Balaban J connectivity index is 1.14. The number of carbonyl (C=O) groups excluding carboxylic acids is 1. The fourth-order valence-electron chi connectivity index (χ4n) is 7.85. The Morgan fingerprint density at radius 2 is 1.76 bits per heavy atom. The van der Waals surface area contributed by atoms with Crippen molar-refractivity contribution in [3.05, 3.63) is 35.1 Å². The number of piperidine rings is 1. The van der Waals surface area contributed by atoms with Gasteiger partial charge in [0.25, 0.3) is 0 Å². The van der Waals surface area contributed by atoms with Crippen LogP contribution < -0.4 is 10.6 Å². The molecule has 4 nitrogen and oxygen atoms in total. The highest BCUT2D eigenvalue weighted by Crippen LogP contribution is 2.53. The molecule has 1 atom stereocenters. The molecule has 5 fully saturated rings. The molecule has 2 aliphatic heterocycles. The largest absolute Gasteiger partial charge is 0.335 e. The third kappa shape index (κ3) is 2.76. The summed E-state index contributed by atoms with van der Waals surface area (Å²) in [5, 5.41) is 7.10. The molecule has 1 aromatic rings. The minimum Gasteiger partial charge on any atom is -0.335 e. The first-order chi connectivity index (χ1) is 14.0. The maximum atomic E-state index is 14.7. The fraction of sp³-hybridized carbons (Fsp3) is 0.708. The summed E-state index contributed by atoms with van der Waals surface area (Å²) < 4.78 is 14.7. The van der Waals surface area contributed by atoms with Gasteiger partial charge in [-0.2, -0.15) is 0 Å². The van der Waals surface area contributed by atoms with Gasteiger partial charge in [-0.3, -0.25) is 0 Å². The molecular weight excluding hydrogens is 365 g/mol. The normalized spacial score (nSPS) is 39.0. The summed E-state index contributed by atoms with van der Waals surface area (Å²) in [5.74, 6) is 3.14. The monoisotopic (exact) mass is 397 g/mol. The lowest BCUT2D eigenvalue weighted by Crippen LogP contribution is -2.59. The maximum Gasteiger partial charge on any atom is 0.317 e. The molecular formula is C24H32FN3O. The average Bonchev–Trinajstić information content (AvgIpc) is 2.97. The highest BCUT2D eigenvalue weighted by atomic mass is 19.1. The number of hydrogen-bond acceptors (Lipinski definition) is 2. The number of amides is 2. The minimum atomic E-state index is -0.320. The Bertz CT molecular complexity index is 803. The van der Waals surface area contributed by atoms with E-state index in [1.54, 1.807) is 12.1 Å². The lowest BCUT2D eigenvalue weighted by Gasteiger charge is -2.54. The number of fused-ring (bicyclic) bond motifs is 2. The molecule has 1 unspecified atom stereocenters. The van der Waals surface area contributed by atoms with E-state index in [2.05, 4.69) is 17.6 Å². The van der Waals surface area contributed by atoms with Crippen LogP contribution in [0.3, 0.4) is 0 Å². The number of hydrogen-bond donors (Lipinski definition) is 2. The topological polar surface area (TPSA) is 44.4 Å². The van der Waals surface area contributed by atoms with Gasteiger partial charge >= 0.3 is 6.03 Å². The van der Waals surface area contributed by atoms with E-state index in [-0.39, 0.29) is 23.4 Å². The van der Waals surface area contributed by atoms with Crippen LogP contribution >= 0.6 is 0 Å². The van der Waals surface area contributed by atoms with Gasteiger partial charge < -0.3 is 15.5 Å².